The summed E-state index contributed by atoms with van der Waals surface area (Å²) in [5, 5.41) is 16.9. The number of nitro benzene ring substituents is 1. The van der Waals surface area contributed by atoms with E-state index in [4.69, 9.17) is 9.47 Å². The quantitative estimate of drug-likeness (QED) is 0.503. The van der Waals surface area contributed by atoms with Crippen LogP contribution in [0.2, 0.25) is 0 Å². The molecule has 0 bridgehead atoms. The second-order valence-electron chi connectivity index (χ2n) is 6.24. The number of non-ortho nitro benzene ring substituents is 1. The van der Waals surface area contributed by atoms with Gasteiger partial charge in [0.25, 0.3) is 5.69 Å². The normalized spacial score (nSPS) is 12.7. The van der Waals surface area contributed by atoms with Crippen molar-refractivity contribution in [3.05, 3.63) is 58.1 Å². The molecule has 0 heterocycles. The van der Waals surface area contributed by atoms with Crippen LogP contribution in [0.15, 0.2) is 42.5 Å². The predicted octanol–water partition coefficient (Wildman–Crippen LogP) is 3.68. The monoisotopic (exact) mass is 387 g/mol. The van der Waals surface area contributed by atoms with E-state index in [1.807, 2.05) is 38.1 Å². The molecule has 150 valence electrons. The van der Waals surface area contributed by atoms with Gasteiger partial charge in [0.05, 0.1) is 30.4 Å². The van der Waals surface area contributed by atoms with Crippen LogP contribution < -0.4 is 20.1 Å². The van der Waals surface area contributed by atoms with Gasteiger partial charge in [0.1, 0.15) is 11.5 Å². The van der Waals surface area contributed by atoms with E-state index in [1.165, 1.54) is 25.3 Å². The van der Waals surface area contributed by atoms with Crippen molar-refractivity contribution < 1.29 is 19.2 Å². The van der Waals surface area contributed by atoms with Gasteiger partial charge in [-0.2, -0.15) is 0 Å². The molecule has 0 aliphatic heterocycles. The van der Waals surface area contributed by atoms with Crippen molar-refractivity contribution in [2.45, 2.75) is 32.9 Å². The van der Waals surface area contributed by atoms with Crippen LogP contribution in [0.3, 0.4) is 0 Å². The van der Waals surface area contributed by atoms with Gasteiger partial charge in [-0.15, -0.1) is 0 Å². The molecule has 8 heteroatoms. The van der Waals surface area contributed by atoms with Crippen LogP contribution in [0.5, 0.6) is 11.5 Å². The minimum Gasteiger partial charge on any atom is -0.495 e. The summed E-state index contributed by atoms with van der Waals surface area (Å²) in [7, 11) is 1.44. The summed E-state index contributed by atoms with van der Waals surface area (Å²) in [6, 6.07) is 11.1. The molecule has 0 fully saturated rings. The zero-order valence-corrected chi connectivity index (χ0v) is 16.4. The fourth-order valence-electron chi connectivity index (χ4n) is 2.71. The number of hydrogen-bond acceptors (Lipinski definition) is 6. The Morgan fingerprint density at radius 3 is 2.43 bits per heavy atom. The molecule has 0 aromatic heterocycles. The highest BCUT2D eigenvalue weighted by molar-refractivity contribution is 5.96. The maximum Gasteiger partial charge on any atom is 0.271 e. The molecule has 8 nitrogen and oxygen atoms in total. The average molecular weight is 387 g/mol. The molecule has 0 aliphatic carbocycles. The van der Waals surface area contributed by atoms with E-state index in [-0.39, 0.29) is 23.3 Å². The van der Waals surface area contributed by atoms with Gasteiger partial charge in [0.2, 0.25) is 5.91 Å². The lowest BCUT2D eigenvalue weighted by Crippen LogP contribution is -2.39. The molecule has 0 aliphatic rings. The molecule has 1 amide bonds. The van der Waals surface area contributed by atoms with Crippen LogP contribution in [-0.4, -0.2) is 30.6 Å². The molecule has 2 rings (SSSR count). The molecule has 28 heavy (non-hydrogen) atoms. The number of carbonyl (C=O) groups is 1. The number of anilines is 1. The highest BCUT2D eigenvalue weighted by Crippen LogP contribution is 2.29. The van der Waals surface area contributed by atoms with Crippen molar-refractivity contribution in [1.82, 2.24) is 5.32 Å². The maximum absolute atomic E-state index is 12.5. The number of amides is 1. The SMILES string of the molecule is CCOc1ccc([C@@H](C)N[C@@H](C)C(=O)Nc2cc([N+](=O)[O-])ccc2OC)cc1. The molecule has 0 spiro atoms. The third kappa shape index (κ3) is 5.43. The Hall–Kier alpha value is -3.13. The minimum atomic E-state index is -0.537. The summed E-state index contributed by atoms with van der Waals surface area (Å²) in [6.45, 7) is 6.21. The van der Waals surface area contributed by atoms with E-state index >= 15 is 0 Å². The van der Waals surface area contributed by atoms with Crippen LogP contribution in [0.25, 0.3) is 0 Å². The molecule has 0 radical (unpaired) electrons. The van der Waals surface area contributed by atoms with Crippen molar-refractivity contribution in [2.24, 2.45) is 0 Å². The zero-order valence-electron chi connectivity index (χ0n) is 16.4. The van der Waals surface area contributed by atoms with Crippen molar-refractivity contribution in [3.63, 3.8) is 0 Å². The number of nitrogens with zero attached hydrogens (tertiary/aromatic N) is 1. The van der Waals surface area contributed by atoms with E-state index < -0.39 is 11.0 Å². The van der Waals surface area contributed by atoms with Crippen molar-refractivity contribution >= 4 is 17.3 Å². The maximum atomic E-state index is 12.5. The van der Waals surface area contributed by atoms with Crippen LogP contribution in [0.1, 0.15) is 32.4 Å². The largest absolute Gasteiger partial charge is 0.495 e. The average Bonchev–Trinajstić information content (AvgIpc) is 2.68. The Labute approximate surface area is 164 Å². The Morgan fingerprint density at radius 1 is 1.18 bits per heavy atom. The zero-order chi connectivity index (χ0) is 20.7. The molecule has 2 aromatic rings. The van der Waals surface area contributed by atoms with Gasteiger partial charge in [-0.1, -0.05) is 12.1 Å². The molecule has 2 N–H and O–H groups in total. The Kier molecular flexibility index (Phi) is 7.34. The molecule has 2 atom stereocenters. The molecule has 0 saturated heterocycles. The summed E-state index contributed by atoms with van der Waals surface area (Å²) in [5.74, 6) is 0.823. The second-order valence-corrected chi connectivity index (χ2v) is 6.24. The summed E-state index contributed by atoms with van der Waals surface area (Å²) in [6.07, 6.45) is 0. The van der Waals surface area contributed by atoms with Gasteiger partial charge < -0.3 is 14.8 Å². The van der Waals surface area contributed by atoms with E-state index in [2.05, 4.69) is 10.6 Å². The summed E-state index contributed by atoms with van der Waals surface area (Å²) < 4.78 is 10.6. The standard InChI is InChI=1S/C20H25N3O5/c1-5-28-17-9-6-15(7-10-17)13(2)21-14(3)20(24)22-18-12-16(23(25)26)8-11-19(18)27-4/h6-14,21H,5H2,1-4H3,(H,22,24)/t13-,14+/m1/s1. The number of ether oxygens (including phenoxy) is 2. The van der Waals surface area contributed by atoms with Crippen LogP contribution in [0.4, 0.5) is 11.4 Å². The topological polar surface area (TPSA) is 103 Å². The number of rotatable bonds is 9. The third-order valence-electron chi connectivity index (χ3n) is 4.24. The van der Waals surface area contributed by atoms with E-state index in [0.717, 1.165) is 11.3 Å². The molecule has 0 saturated carbocycles. The Balaban J connectivity index is 2.04. The van der Waals surface area contributed by atoms with Gasteiger partial charge in [-0.05, 0) is 44.5 Å². The number of benzene rings is 2. The number of hydrogen-bond donors (Lipinski definition) is 2. The van der Waals surface area contributed by atoms with Crippen LogP contribution >= 0.6 is 0 Å². The summed E-state index contributed by atoms with van der Waals surface area (Å²) in [5.41, 5.74) is 1.14. The lowest BCUT2D eigenvalue weighted by molar-refractivity contribution is -0.384. The van der Waals surface area contributed by atoms with E-state index in [1.54, 1.807) is 6.92 Å². The fourth-order valence-corrected chi connectivity index (χ4v) is 2.71. The Morgan fingerprint density at radius 2 is 1.86 bits per heavy atom. The summed E-state index contributed by atoms with van der Waals surface area (Å²) >= 11 is 0. The first-order valence-electron chi connectivity index (χ1n) is 8.97. The lowest BCUT2D eigenvalue weighted by Gasteiger charge is -2.20. The van der Waals surface area contributed by atoms with Gasteiger partial charge >= 0.3 is 0 Å². The van der Waals surface area contributed by atoms with Gasteiger partial charge in [0, 0.05) is 18.2 Å². The number of nitro groups is 1. The lowest BCUT2D eigenvalue weighted by atomic mass is 10.1. The van der Waals surface area contributed by atoms with Crippen LogP contribution in [-0.2, 0) is 4.79 Å². The van der Waals surface area contributed by atoms with Gasteiger partial charge in [-0.3, -0.25) is 20.2 Å². The first kappa shape index (κ1) is 21.2. The smallest absolute Gasteiger partial charge is 0.271 e. The predicted molar refractivity (Wildman–Crippen MR) is 107 cm³/mol. The van der Waals surface area contributed by atoms with Crippen LogP contribution in [0, 0.1) is 10.1 Å². The third-order valence-corrected chi connectivity index (χ3v) is 4.24. The highest BCUT2D eigenvalue weighted by Gasteiger charge is 2.19. The molecule has 0 unspecified atom stereocenters. The number of methoxy groups -OCH3 is 1. The fraction of sp³-hybridized carbons (Fsp3) is 0.350. The number of nitrogens with one attached hydrogen (secondary N) is 2. The van der Waals surface area contributed by atoms with E-state index in [9.17, 15) is 14.9 Å². The minimum absolute atomic E-state index is 0.0802. The van der Waals surface area contributed by atoms with Crippen molar-refractivity contribution in [1.29, 1.82) is 0 Å². The first-order chi connectivity index (χ1) is 13.3. The summed E-state index contributed by atoms with van der Waals surface area (Å²) in [4.78, 5) is 23.0. The number of carbonyl (C=O) groups excluding carboxylic acids is 1. The molecule has 2 aromatic carbocycles. The highest BCUT2D eigenvalue weighted by atomic mass is 16.6. The molecular formula is C20H25N3O5. The molecular weight excluding hydrogens is 362 g/mol. The Bertz CT molecular complexity index is 823. The second kappa shape index (κ2) is 9.70. The van der Waals surface area contributed by atoms with Crippen molar-refractivity contribution in [3.8, 4) is 11.5 Å². The van der Waals surface area contributed by atoms with Gasteiger partial charge in [-0.25, -0.2) is 0 Å². The van der Waals surface area contributed by atoms with Gasteiger partial charge in [0.15, 0.2) is 0 Å². The first-order valence-corrected chi connectivity index (χ1v) is 8.97. The van der Waals surface area contributed by atoms with E-state index in [0.29, 0.717) is 12.4 Å². The van der Waals surface area contributed by atoms with Crippen molar-refractivity contribution in [2.75, 3.05) is 19.0 Å².